The molecule has 1 aromatic rings. The monoisotopic (exact) mass is 456 g/mol. The number of benzene rings is 1. The van der Waals surface area contributed by atoms with Crippen LogP contribution in [-0.2, 0) is 25.6 Å². The molecular weight excluding hydrogens is 428 g/mol. The summed E-state index contributed by atoms with van der Waals surface area (Å²) in [6, 6.07) is 6.02. The van der Waals surface area contributed by atoms with Gasteiger partial charge in [0.05, 0.1) is 12.6 Å². The number of nitrogens with two attached hydrogens (primary N) is 1. The SMILES string of the molecule is CSCCC(N)C(=O)NCC(=O)NC(Cc1ccccc1)C(=O)NC(CS)C(=O)O. The lowest BCUT2D eigenvalue weighted by atomic mass is 10.0. The molecule has 1 aromatic carbocycles. The number of nitrogens with one attached hydrogen (secondary N) is 3. The quantitative estimate of drug-likeness (QED) is 0.217. The fraction of sp³-hybridized carbons (Fsp3) is 0.474. The van der Waals surface area contributed by atoms with Crippen LogP contribution in [0.5, 0.6) is 0 Å². The number of rotatable bonds is 13. The Bertz CT molecular complexity index is 720. The van der Waals surface area contributed by atoms with Gasteiger partial charge in [-0.2, -0.15) is 24.4 Å². The van der Waals surface area contributed by atoms with Gasteiger partial charge in [0.15, 0.2) is 0 Å². The van der Waals surface area contributed by atoms with Crippen molar-refractivity contribution in [3.63, 3.8) is 0 Å². The lowest BCUT2D eigenvalue weighted by Crippen LogP contribution is -2.54. The van der Waals surface area contributed by atoms with Crippen LogP contribution in [0.25, 0.3) is 0 Å². The molecule has 0 fully saturated rings. The van der Waals surface area contributed by atoms with Crippen molar-refractivity contribution < 1.29 is 24.3 Å². The second-order valence-corrected chi connectivity index (χ2v) is 7.85. The van der Waals surface area contributed by atoms with Crippen LogP contribution in [0.4, 0.5) is 0 Å². The largest absolute Gasteiger partial charge is 0.480 e. The summed E-state index contributed by atoms with van der Waals surface area (Å²) in [6.45, 7) is -0.348. The fourth-order valence-corrected chi connectivity index (χ4v) is 3.17. The Morgan fingerprint density at radius 1 is 1.10 bits per heavy atom. The first-order valence-corrected chi connectivity index (χ1v) is 11.3. The molecule has 9 nitrogen and oxygen atoms in total. The van der Waals surface area contributed by atoms with Crippen molar-refractivity contribution in [2.75, 3.05) is 24.3 Å². The van der Waals surface area contributed by atoms with E-state index in [0.29, 0.717) is 6.42 Å². The molecule has 166 valence electrons. The van der Waals surface area contributed by atoms with Crippen molar-refractivity contribution in [1.29, 1.82) is 0 Å². The van der Waals surface area contributed by atoms with E-state index in [1.165, 1.54) is 0 Å². The van der Waals surface area contributed by atoms with E-state index in [2.05, 4.69) is 28.6 Å². The molecule has 0 radical (unpaired) electrons. The van der Waals surface area contributed by atoms with Crippen molar-refractivity contribution in [3.8, 4) is 0 Å². The number of aliphatic carboxylic acids is 1. The molecule has 0 heterocycles. The molecule has 0 spiro atoms. The molecule has 30 heavy (non-hydrogen) atoms. The molecule has 11 heteroatoms. The van der Waals surface area contributed by atoms with Crippen LogP contribution in [-0.4, -0.2) is 71.2 Å². The van der Waals surface area contributed by atoms with Gasteiger partial charge in [0.1, 0.15) is 12.1 Å². The van der Waals surface area contributed by atoms with Gasteiger partial charge in [-0.15, -0.1) is 0 Å². The van der Waals surface area contributed by atoms with Crippen LogP contribution in [0.1, 0.15) is 12.0 Å². The first-order chi connectivity index (χ1) is 14.3. The summed E-state index contributed by atoms with van der Waals surface area (Å²) in [5.41, 5.74) is 6.53. The molecule has 1 rings (SSSR count). The number of thiol groups is 1. The number of amides is 3. The third-order valence-electron chi connectivity index (χ3n) is 4.12. The third-order valence-corrected chi connectivity index (χ3v) is 5.13. The third kappa shape index (κ3) is 9.51. The molecule has 0 bridgehead atoms. The second-order valence-electron chi connectivity index (χ2n) is 6.50. The Hall–Kier alpha value is -2.24. The summed E-state index contributed by atoms with van der Waals surface area (Å²) in [5.74, 6) is -2.31. The number of carboxylic acid groups (broad SMARTS) is 1. The predicted molar refractivity (Wildman–Crippen MR) is 119 cm³/mol. The first-order valence-electron chi connectivity index (χ1n) is 9.28. The Morgan fingerprint density at radius 3 is 2.33 bits per heavy atom. The minimum atomic E-state index is -1.23. The summed E-state index contributed by atoms with van der Waals surface area (Å²) < 4.78 is 0. The number of hydrogen-bond acceptors (Lipinski definition) is 7. The predicted octanol–water partition coefficient (Wildman–Crippen LogP) is -0.590. The zero-order valence-electron chi connectivity index (χ0n) is 16.7. The average Bonchev–Trinajstić information content (AvgIpc) is 2.73. The van der Waals surface area contributed by atoms with E-state index in [9.17, 15) is 19.2 Å². The topological polar surface area (TPSA) is 151 Å². The van der Waals surface area contributed by atoms with E-state index >= 15 is 0 Å². The molecule has 0 aliphatic heterocycles. The number of carbonyl (C=O) groups excluding carboxylic acids is 3. The molecule has 0 saturated heterocycles. The average molecular weight is 457 g/mol. The minimum Gasteiger partial charge on any atom is -0.480 e. The van der Waals surface area contributed by atoms with Crippen molar-refractivity contribution >= 4 is 48.1 Å². The van der Waals surface area contributed by atoms with Gasteiger partial charge >= 0.3 is 5.97 Å². The van der Waals surface area contributed by atoms with Gasteiger partial charge in [-0.3, -0.25) is 14.4 Å². The van der Waals surface area contributed by atoms with Crippen molar-refractivity contribution in [2.24, 2.45) is 5.73 Å². The van der Waals surface area contributed by atoms with Crippen LogP contribution in [0, 0.1) is 0 Å². The van der Waals surface area contributed by atoms with Gasteiger partial charge < -0.3 is 26.8 Å². The first kappa shape index (κ1) is 25.8. The molecule has 3 amide bonds. The van der Waals surface area contributed by atoms with Gasteiger partial charge in [-0.1, -0.05) is 30.3 Å². The van der Waals surface area contributed by atoms with E-state index in [-0.39, 0.29) is 18.7 Å². The number of carbonyl (C=O) groups is 4. The lowest BCUT2D eigenvalue weighted by molar-refractivity contribution is -0.141. The van der Waals surface area contributed by atoms with E-state index in [1.807, 2.05) is 12.3 Å². The maximum atomic E-state index is 12.6. The van der Waals surface area contributed by atoms with Crippen molar-refractivity contribution in [1.82, 2.24) is 16.0 Å². The highest BCUT2D eigenvalue weighted by Gasteiger charge is 2.26. The smallest absolute Gasteiger partial charge is 0.327 e. The summed E-state index contributed by atoms with van der Waals surface area (Å²) in [4.78, 5) is 48.0. The number of carboxylic acids is 1. The van der Waals surface area contributed by atoms with E-state index in [0.717, 1.165) is 11.3 Å². The van der Waals surface area contributed by atoms with E-state index < -0.39 is 41.8 Å². The molecule has 0 aliphatic rings. The lowest BCUT2D eigenvalue weighted by Gasteiger charge is -2.21. The molecule has 6 N–H and O–H groups in total. The summed E-state index contributed by atoms with van der Waals surface area (Å²) in [7, 11) is 0. The van der Waals surface area contributed by atoms with Crippen LogP contribution in [0.2, 0.25) is 0 Å². The highest BCUT2D eigenvalue weighted by atomic mass is 32.2. The van der Waals surface area contributed by atoms with Crippen LogP contribution in [0.3, 0.4) is 0 Å². The highest BCUT2D eigenvalue weighted by molar-refractivity contribution is 7.98. The molecule has 3 atom stereocenters. The zero-order valence-corrected chi connectivity index (χ0v) is 18.4. The summed E-state index contributed by atoms with van der Waals surface area (Å²) >= 11 is 5.48. The summed E-state index contributed by atoms with van der Waals surface area (Å²) in [6.07, 6.45) is 2.53. The van der Waals surface area contributed by atoms with Gasteiger partial charge in [-0.25, -0.2) is 4.79 Å². The van der Waals surface area contributed by atoms with Crippen LogP contribution < -0.4 is 21.7 Å². The summed E-state index contributed by atoms with van der Waals surface area (Å²) in [5, 5.41) is 16.5. The maximum Gasteiger partial charge on any atom is 0.327 e. The number of thioether (sulfide) groups is 1. The van der Waals surface area contributed by atoms with E-state index in [1.54, 1.807) is 36.0 Å². The van der Waals surface area contributed by atoms with Crippen molar-refractivity contribution in [3.05, 3.63) is 35.9 Å². The van der Waals surface area contributed by atoms with Gasteiger partial charge in [0.25, 0.3) is 0 Å². The van der Waals surface area contributed by atoms with Gasteiger partial charge in [-0.05, 0) is 24.0 Å². The zero-order chi connectivity index (χ0) is 22.5. The molecule has 0 saturated carbocycles. The fourth-order valence-electron chi connectivity index (χ4n) is 2.44. The van der Waals surface area contributed by atoms with Gasteiger partial charge in [0.2, 0.25) is 17.7 Å². The standard InChI is InChI=1S/C19H28N4O5S2/c1-30-8-7-13(20)17(25)21-10-16(24)22-14(9-12-5-3-2-4-6-12)18(26)23-15(11-29)19(27)28/h2-6,13-15,29H,7-11,20H2,1H3,(H,21,25)(H,22,24)(H,23,26)(H,27,28). The van der Waals surface area contributed by atoms with Crippen LogP contribution >= 0.6 is 24.4 Å². The molecule has 0 aliphatic carbocycles. The normalized spacial score (nSPS) is 13.6. The molecular formula is C19H28N4O5S2. The maximum absolute atomic E-state index is 12.6. The van der Waals surface area contributed by atoms with Gasteiger partial charge in [0, 0.05) is 12.2 Å². The Kier molecular flexibility index (Phi) is 11.9. The Labute approximate surface area is 185 Å². The Morgan fingerprint density at radius 2 is 1.77 bits per heavy atom. The second kappa shape index (κ2) is 13.9. The molecule has 0 aromatic heterocycles. The highest BCUT2D eigenvalue weighted by Crippen LogP contribution is 2.04. The Balaban J connectivity index is 2.74. The minimum absolute atomic E-state index is 0.100. The van der Waals surface area contributed by atoms with E-state index in [4.69, 9.17) is 10.8 Å². The number of hydrogen-bond donors (Lipinski definition) is 6. The van der Waals surface area contributed by atoms with Crippen molar-refractivity contribution in [2.45, 2.75) is 31.0 Å². The molecule has 3 unspecified atom stereocenters. The van der Waals surface area contributed by atoms with Crippen LogP contribution in [0.15, 0.2) is 30.3 Å².